The Balaban J connectivity index is 2.33. The van der Waals surface area contributed by atoms with Gasteiger partial charge in [-0.3, -0.25) is 18.6 Å². The highest BCUT2D eigenvalue weighted by Crippen LogP contribution is 2.30. The zero-order valence-electron chi connectivity index (χ0n) is 18.3. The summed E-state index contributed by atoms with van der Waals surface area (Å²) in [6.07, 6.45) is -6.46. The van der Waals surface area contributed by atoms with Crippen molar-refractivity contribution in [3.63, 3.8) is 0 Å². The van der Waals surface area contributed by atoms with E-state index in [1.54, 1.807) is 19.1 Å². The van der Waals surface area contributed by atoms with Crippen molar-refractivity contribution in [3.8, 4) is 0 Å². The SMILES string of the molecule is CO[C@H]1O[C@H](COS(=O)(=O)c2ccc(C)cc2)[C@@H](OC(C)=O)[C@H](OC(C)=O)[C@H]1OC(C)=O. The first-order valence-corrected chi connectivity index (χ1v) is 11.0. The van der Waals surface area contributed by atoms with Gasteiger partial charge in [0, 0.05) is 27.9 Å². The van der Waals surface area contributed by atoms with Crippen LogP contribution in [-0.4, -0.2) is 70.7 Å². The van der Waals surface area contributed by atoms with E-state index < -0.39 is 65.3 Å². The van der Waals surface area contributed by atoms with Crippen molar-refractivity contribution in [2.24, 2.45) is 0 Å². The van der Waals surface area contributed by atoms with Crippen LogP contribution in [0.2, 0.25) is 0 Å². The maximum Gasteiger partial charge on any atom is 0.303 e. The van der Waals surface area contributed by atoms with E-state index in [9.17, 15) is 22.8 Å². The smallest absolute Gasteiger partial charge is 0.303 e. The van der Waals surface area contributed by atoms with Gasteiger partial charge in [-0.05, 0) is 19.1 Å². The van der Waals surface area contributed by atoms with Crippen LogP contribution in [0.15, 0.2) is 29.2 Å². The molecule has 0 N–H and O–H groups in total. The van der Waals surface area contributed by atoms with Crippen LogP contribution < -0.4 is 0 Å². The second kappa shape index (κ2) is 10.9. The largest absolute Gasteiger partial charge is 0.456 e. The van der Waals surface area contributed by atoms with Gasteiger partial charge in [0.1, 0.15) is 6.10 Å². The fourth-order valence-electron chi connectivity index (χ4n) is 3.11. The van der Waals surface area contributed by atoms with Crippen molar-refractivity contribution in [1.29, 1.82) is 0 Å². The Morgan fingerprint density at radius 3 is 1.88 bits per heavy atom. The number of benzene rings is 1. The number of carbonyl (C=O) groups is 3. The average molecular weight is 474 g/mol. The molecule has 178 valence electrons. The van der Waals surface area contributed by atoms with E-state index in [1.807, 2.05) is 0 Å². The van der Waals surface area contributed by atoms with Crippen LogP contribution in [0.25, 0.3) is 0 Å². The minimum atomic E-state index is -4.18. The highest BCUT2D eigenvalue weighted by Gasteiger charge is 2.52. The fourth-order valence-corrected chi connectivity index (χ4v) is 4.03. The monoisotopic (exact) mass is 474 g/mol. The standard InChI is InChI=1S/C20H26O11S/c1-11-6-8-15(9-7-11)32(24,25)27-10-16-17(28-12(2)21)18(29-13(3)22)19(30-14(4)23)20(26-5)31-16/h6-9,16-20H,10H2,1-5H3/t16-,17-,18+,19-,20+/m1/s1. The molecule has 1 aliphatic rings. The molecule has 1 fully saturated rings. The van der Waals surface area contributed by atoms with Crippen LogP contribution >= 0.6 is 0 Å². The van der Waals surface area contributed by atoms with E-state index in [0.29, 0.717) is 0 Å². The lowest BCUT2D eigenvalue weighted by Gasteiger charge is -2.43. The molecule has 0 spiro atoms. The van der Waals surface area contributed by atoms with Crippen molar-refractivity contribution in [2.75, 3.05) is 13.7 Å². The maximum atomic E-state index is 12.6. The summed E-state index contributed by atoms with van der Waals surface area (Å²) in [5, 5.41) is 0. The van der Waals surface area contributed by atoms with Crippen LogP contribution in [0.3, 0.4) is 0 Å². The summed E-state index contributed by atoms with van der Waals surface area (Å²) >= 11 is 0. The molecule has 32 heavy (non-hydrogen) atoms. The predicted molar refractivity (Wildman–Crippen MR) is 107 cm³/mol. The Morgan fingerprint density at radius 2 is 1.38 bits per heavy atom. The molecule has 1 heterocycles. The number of hydrogen-bond acceptors (Lipinski definition) is 11. The van der Waals surface area contributed by atoms with Gasteiger partial charge < -0.3 is 23.7 Å². The third-order valence-electron chi connectivity index (χ3n) is 4.43. The molecule has 2 rings (SSSR count). The molecular weight excluding hydrogens is 448 g/mol. The van der Waals surface area contributed by atoms with Gasteiger partial charge in [-0.25, -0.2) is 0 Å². The second-order valence-corrected chi connectivity index (χ2v) is 8.67. The quantitative estimate of drug-likeness (QED) is 0.301. The molecular formula is C20H26O11S. The minimum absolute atomic E-state index is 0.0828. The topological polar surface area (TPSA) is 141 Å². The Bertz CT molecular complexity index is 925. The summed E-state index contributed by atoms with van der Waals surface area (Å²) in [6.45, 7) is 4.55. The first kappa shape index (κ1) is 25.7. The van der Waals surface area contributed by atoms with Crippen LogP contribution in [-0.2, 0) is 52.4 Å². The number of methoxy groups -OCH3 is 1. The fraction of sp³-hybridized carbons (Fsp3) is 0.550. The summed E-state index contributed by atoms with van der Waals surface area (Å²) in [5.41, 5.74) is 0.859. The van der Waals surface area contributed by atoms with Crippen molar-refractivity contribution >= 4 is 28.0 Å². The van der Waals surface area contributed by atoms with Gasteiger partial charge >= 0.3 is 17.9 Å². The van der Waals surface area contributed by atoms with E-state index >= 15 is 0 Å². The third-order valence-corrected chi connectivity index (χ3v) is 5.72. The van der Waals surface area contributed by atoms with Gasteiger partial charge in [-0.1, -0.05) is 17.7 Å². The number of esters is 3. The van der Waals surface area contributed by atoms with E-state index in [-0.39, 0.29) is 4.90 Å². The summed E-state index contributed by atoms with van der Waals surface area (Å²) in [6, 6.07) is 5.98. The molecule has 12 heteroatoms. The maximum absolute atomic E-state index is 12.6. The van der Waals surface area contributed by atoms with Crippen molar-refractivity contribution in [3.05, 3.63) is 29.8 Å². The van der Waals surface area contributed by atoms with Gasteiger partial charge in [0.15, 0.2) is 24.6 Å². The van der Waals surface area contributed by atoms with Gasteiger partial charge in [-0.15, -0.1) is 0 Å². The molecule has 0 aliphatic carbocycles. The molecule has 11 nitrogen and oxygen atoms in total. The van der Waals surface area contributed by atoms with Crippen LogP contribution in [0.4, 0.5) is 0 Å². The van der Waals surface area contributed by atoms with E-state index in [1.165, 1.54) is 19.2 Å². The van der Waals surface area contributed by atoms with Crippen molar-refractivity contribution < 1.29 is 50.7 Å². The Labute approximate surface area is 186 Å². The summed E-state index contributed by atoms with van der Waals surface area (Å²) < 4.78 is 56.8. The summed E-state index contributed by atoms with van der Waals surface area (Å²) in [5.74, 6) is -2.25. The molecule has 0 amide bonds. The van der Waals surface area contributed by atoms with Crippen LogP contribution in [0.1, 0.15) is 26.3 Å². The Morgan fingerprint density at radius 1 is 0.875 bits per heavy atom. The predicted octanol–water partition coefficient (Wildman–Crippen LogP) is 0.867. The Kier molecular flexibility index (Phi) is 8.73. The van der Waals surface area contributed by atoms with Gasteiger partial charge in [0.2, 0.25) is 0 Å². The lowest BCUT2D eigenvalue weighted by atomic mass is 9.98. The number of aryl methyl sites for hydroxylation is 1. The van der Waals surface area contributed by atoms with Crippen molar-refractivity contribution in [2.45, 2.75) is 63.3 Å². The molecule has 0 saturated carbocycles. The van der Waals surface area contributed by atoms with E-state index in [2.05, 4.69) is 0 Å². The van der Waals surface area contributed by atoms with E-state index in [0.717, 1.165) is 26.3 Å². The van der Waals surface area contributed by atoms with Crippen LogP contribution in [0, 0.1) is 6.92 Å². The number of hydrogen-bond donors (Lipinski definition) is 0. The lowest BCUT2D eigenvalue weighted by molar-refractivity contribution is -0.300. The molecule has 1 aromatic carbocycles. The third kappa shape index (κ3) is 6.73. The van der Waals surface area contributed by atoms with Crippen LogP contribution in [0.5, 0.6) is 0 Å². The van der Waals surface area contributed by atoms with E-state index in [4.69, 9.17) is 27.9 Å². The molecule has 1 aromatic rings. The minimum Gasteiger partial charge on any atom is -0.456 e. The highest BCUT2D eigenvalue weighted by molar-refractivity contribution is 7.86. The lowest BCUT2D eigenvalue weighted by Crippen LogP contribution is -2.62. The zero-order chi connectivity index (χ0) is 24.1. The summed E-state index contributed by atoms with van der Waals surface area (Å²) in [7, 11) is -2.93. The molecule has 5 atom stereocenters. The first-order valence-electron chi connectivity index (χ1n) is 9.60. The molecule has 0 bridgehead atoms. The normalized spacial score (nSPS) is 25.6. The number of ether oxygens (including phenoxy) is 5. The summed E-state index contributed by atoms with van der Waals surface area (Å²) in [4.78, 5) is 34.9. The zero-order valence-corrected chi connectivity index (χ0v) is 19.1. The van der Waals surface area contributed by atoms with Gasteiger partial charge in [-0.2, -0.15) is 8.42 Å². The average Bonchev–Trinajstić information content (AvgIpc) is 2.69. The van der Waals surface area contributed by atoms with Crippen molar-refractivity contribution in [1.82, 2.24) is 0 Å². The molecule has 1 saturated heterocycles. The first-order chi connectivity index (χ1) is 14.9. The molecule has 1 aliphatic heterocycles. The molecule has 0 radical (unpaired) electrons. The van der Waals surface area contributed by atoms with Gasteiger partial charge in [0.25, 0.3) is 10.1 Å². The second-order valence-electron chi connectivity index (χ2n) is 7.05. The number of carbonyl (C=O) groups excluding carboxylic acids is 3. The Hall–Kier alpha value is -2.54. The molecule has 0 unspecified atom stereocenters. The molecule has 0 aromatic heterocycles. The highest BCUT2D eigenvalue weighted by atomic mass is 32.2. The van der Waals surface area contributed by atoms with Gasteiger partial charge in [0.05, 0.1) is 11.5 Å². The number of rotatable bonds is 8.